The summed E-state index contributed by atoms with van der Waals surface area (Å²) in [5.41, 5.74) is 0.745. The Kier molecular flexibility index (Phi) is 4.27. The molecule has 0 bridgehead atoms. The lowest BCUT2D eigenvalue weighted by atomic mass is 9.94. The van der Waals surface area contributed by atoms with Crippen LogP contribution >= 0.6 is 0 Å². The fraction of sp³-hybridized carbons (Fsp3) is 0.750. The average Bonchev–Trinajstić information content (AvgIpc) is 2.71. The number of piperidine rings is 1. The number of aromatic nitrogens is 1. The molecule has 2 atom stereocenters. The maximum absolute atomic E-state index is 12.2. The standard InChI is InChI=1S/C12H21N3O3S/c1-9-4-10(2)8-15(7-9)19(16,17)13-6-12-5-11(3)14-18-12/h5,9-10,13H,4,6-8H2,1-3H3. The summed E-state index contributed by atoms with van der Waals surface area (Å²) < 4.78 is 33.5. The summed E-state index contributed by atoms with van der Waals surface area (Å²) in [6, 6.07) is 1.73. The lowest BCUT2D eigenvalue weighted by Crippen LogP contribution is -2.47. The van der Waals surface area contributed by atoms with E-state index in [2.05, 4.69) is 23.7 Å². The van der Waals surface area contributed by atoms with Crippen molar-refractivity contribution in [1.82, 2.24) is 14.2 Å². The zero-order valence-electron chi connectivity index (χ0n) is 11.6. The lowest BCUT2D eigenvalue weighted by Gasteiger charge is -2.33. The molecule has 1 aliphatic rings. The molecule has 0 radical (unpaired) electrons. The third-order valence-corrected chi connectivity index (χ3v) is 4.77. The molecule has 1 aromatic rings. The Bertz CT molecular complexity index is 516. The van der Waals surface area contributed by atoms with Crippen molar-refractivity contribution in [3.63, 3.8) is 0 Å². The fourth-order valence-electron chi connectivity index (χ4n) is 2.56. The molecule has 0 amide bonds. The molecule has 1 saturated heterocycles. The van der Waals surface area contributed by atoms with E-state index in [1.54, 1.807) is 13.0 Å². The summed E-state index contributed by atoms with van der Waals surface area (Å²) in [6.07, 6.45) is 1.08. The van der Waals surface area contributed by atoms with Crippen LogP contribution in [-0.4, -0.2) is 31.0 Å². The first-order valence-corrected chi connectivity index (χ1v) is 7.98. The Hall–Kier alpha value is -0.920. The van der Waals surface area contributed by atoms with Crippen molar-refractivity contribution < 1.29 is 12.9 Å². The Morgan fingerprint density at radius 3 is 2.58 bits per heavy atom. The number of nitrogens with one attached hydrogen (secondary N) is 1. The van der Waals surface area contributed by atoms with Gasteiger partial charge in [-0.3, -0.25) is 0 Å². The van der Waals surface area contributed by atoms with Crippen LogP contribution in [0, 0.1) is 18.8 Å². The molecule has 2 rings (SSSR count). The fourth-order valence-corrected chi connectivity index (χ4v) is 3.96. The second kappa shape index (κ2) is 5.60. The van der Waals surface area contributed by atoms with Crippen molar-refractivity contribution in [2.75, 3.05) is 13.1 Å². The van der Waals surface area contributed by atoms with E-state index in [0.717, 1.165) is 12.1 Å². The molecule has 0 aliphatic carbocycles. The van der Waals surface area contributed by atoms with E-state index in [-0.39, 0.29) is 6.54 Å². The first-order valence-electron chi connectivity index (χ1n) is 6.53. The largest absolute Gasteiger partial charge is 0.360 e. The van der Waals surface area contributed by atoms with Gasteiger partial charge in [0.05, 0.1) is 12.2 Å². The molecule has 6 nitrogen and oxygen atoms in total. The molecule has 1 aliphatic heterocycles. The molecule has 1 fully saturated rings. The topological polar surface area (TPSA) is 75.4 Å². The van der Waals surface area contributed by atoms with Crippen LogP contribution in [0.3, 0.4) is 0 Å². The van der Waals surface area contributed by atoms with Crippen LogP contribution < -0.4 is 4.72 Å². The Morgan fingerprint density at radius 2 is 2.05 bits per heavy atom. The molecular formula is C12H21N3O3S. The highest BCUT2D eigenvalue weighted by molar-refractivity contribution is 7.87. The highest BCUT2D eigenvalue weighted by atomic mass is 32.2. The molecule has 7 heteroatoms. The maximum Gasteiger partial charge on any atom is 0.279 e. The number of rotatable bonds is 4. The maximum atomic E-state index is 12.2. The molecule has 1 aromatic heterocycles. The van der Waals surface area contributed by atoms with Crippen molar-refractivity contribution in [3.05, 3.63) is 17.5 Å². The quantitative estimate of drug-likeness (QED) is 0.905. The highest BCUT2D eigenvalue weighted by Crippen LogP contribution is 2.22. The van der Waals surface area contributed by atoms with Crippen molar-refractivity contribution in [2.45, 2.75) is 33.7 Å². The summed E-state index contributed by atoms with van der Waals surface area (Å²) >= 11 is 0. The molecule has 0 aromatic carbocycles. The van der Waals surface area contributed by atoms with Crippen molar-refractivity contribution in [3.8, 4) is 0 Å². The van der Waals surface area contributed by atoms with Crippen LogP contribution in [0.5, 0.6) is 0 Å². The van der Waals surface area contributed by atoms with Gasteiger partial charge in [0.25, 0.3) is 10.2 Å². The van der Waals surface area contributed by atoms with Crippen LogP contribution in [0.1, 0.15) is 31.7 Å². The zero-order chi connectivity index (χ0) is 14.0. The number of hydrogen-bond donors (Lipinski definition) is 1. The van der Waals surface area contributed by atoms with Crippen LogP contribution in [0.25, 0.3) is 0 Å². The van der Waals surface area contributed by atoms with Crippen molar-refractivity contribution >= 4 is 10.2 Å². The summed E-state index contributed by atoms with van der Waals surface area (Å²) in [5, 5.41) is 3.73. The molecule has 108 valence electrons. The van der Waals surface area contributed by atoms with Gasteiger partial charge in [-0.2, -0.15) is 17.4 Å². The third kappa shape index (κ3) is 3.77. The number of nitrogens with zero attached hydrogens (tertiary/aromatic N) is 2. The first-order chi connectivity index (χ1) is 8.87. The summed E-state index contributed by atoms with van der Waals surface area (Å²) in [7, 11) is -3.44. The van der Waals surface area contributed by atoms with Gasteiger partial charge < -0.3 is 4.52 Å². The van der Waals surface area contributed by atoms with Gasteiger partial charge in [-0.1, -0.05) is 19.0 Å². The second-order valence-electron chi connectivity index (χ2n) is 5.52. The highest BCUT2D eigenvalue weighted by Gasteiger charge is 2.30. The normalized spacial score (nSPS) is 25.6. The summed E-state index contributed by atoms with van der Waals surface area (Å²) in [4.78, 5) is 0. The van der Waals surface area contributed by atoms with Crippen LogP contribution in [0.2, 0.25) is 0 Å². The van der Waals surface area contributed by atoms with Crippen molar-refractivity contribution in [1.29, 1.82) is 0 Å². The minimum Gasteiger partial charge on any atom is -0.360 e. The summed E-state index contributed by atoms with van der Waals surface area (Å²) in [5.74, 6) is 1.32. The monoisotopic (exact) mass is 287 g/mol. The van der Waals surface area contributed by atoms with E-state index in [1.165, 1.54) is 4.31 Å². The minimum absolute atomic E-state index is 0.141. The van der Waals surface area contributed by atoms with E-state index in [4.69, 9.17) is 4.52 Å². The van der Waals surface area contributed by atoms with Gasteiger partial charge in [-0.15, -0.1) is 0 Å². The van der Waals surface area contributed by atoms with Gasteiger partial charge in [0.15, 0.2) is 5.76 Å². The molecule has 0 spiro atoms. The van der Waals surface area contributed by atoms with E-state index in [0.29, 0.717) is 30.7 Å². The molecule has 0 saturated carbocycles. The first kappa shape index (κ1) is 14.5. The van der Waals surface area contributed by atoms with E-state index < -0.39 is 10.2 Å². The molecular weight excluding hydrogens is 266 g/mol. The number of hydrogen-bond acceptors (Lipinski definition) is 4. The summed E-state index contributed by atoms with van der Waals surface area (Å²) in [6.45, 7) is 7.26. The third-order valence-electron chi connectivity index (χ3n) is 3.28. The van der Waals surface area contributed by atoms with E-state index in [1.807, 2.05) is 0 Å². The lowest BCUT2D eigenvalue weighted by molar-refractivity contribution is 0.220. The van der Waals surface area contributed by atoms with Gasteiger partial charge >= 0.3 is 0 Å². The van der Waals surface area contributed by atoms with E-state index >= 15 is 0 Å². The number of aryl methyl sites for hydroxylation is 1. The zero-order valence-corrected chi connectivity index (χ0v) is 12.4. The van der Waals surface area contributed by atoms with Crippen LogP contribution in [0.4, 0.5) is 0 Å². The smallest absolute Gasteiger partial charge is 0.279 e. The van der Waals surface area contributed by atoms with E-state index in [9.17, 15) is 8.42 Å². The van der Waals surface area contributed by atoms with Gasteiger partial charge in [0.2, 0.25) is 0 Å². The van der Waals surface area contributed by atoms with Gasteiger partial charge in [0.1, 0.15) is 0 Å². The average molecular weight is 287 g/mol. The SMILES string of the molecule is Cc1cc(CNS(=O)(=O)N2CC(C)CC(C)C2)on1. The predicted octanol–water partition coefficient (Wildman–Crippen LogP) is 1.30. The molecule has 19 heavy (non-hydrogen) atoms. The van der Waals surface area contributed by atoms with Gasteiger partial charge in [-0.05, 0) is 25.2 Å². The predicted molar refractivity (Wildman–Crippen MR) is 71.5 cm³/mol. The van der Waals surface area contributed by atoms with Crippen LogP contribution in [-0.2, 0) is 16.8 Å². The Morgan fingerprint density at radius 1 is 1.42 bits per heavy atom. The Labute approximate surface area is 114 Å². The van der Waals surface area contributed by atoms with Crippen LogP contribution in [0.15, 0.2) is 10.6 Å². The molecule has 1 N–H and O–H groups in total. The molecule has 2 heterocycles. The Balaban J connectivity index is 1.97. The van der Waals surface area contributed by atoms with Gasteiger partial charge in [0, 0.05) is 19.2 Å². The second-order valence-corrected chi connectivity index (χ2v) is 7.28. The van der Waals surface area contributed by atoms with Crippen molar-refractivity contribution in [2.24, 2.45) is 11.8 Å². The minimum atomic E-state index is -3.44. The van der Waals surface area contributed by atoms with Gasteiger partial charge in [-0.25, -0.2) is 0 Å². The molecule has 2 unspecified atom stereocenters.